The van der Waals surface area contributed by atoms with Gasteiger partial charge in [0.2, 0.25) is 11.7 Å². The third-order valence-corrected chi connectivity index (χ3v) is 4.58. The van der Waals surface area contributed by atoms with E-state index in [-0.39, 0.29) is 18.0 Å². The molecule has 0 fully saturated rings. The largest absolute Gasteiger partial charge is 0.497 e. The molecule has 0 radical (unpaired) electrons. The van der Waals surface area contributed by atoms with E-state index in [9.17, 15) is 4.79 Å². The van der Waals surface area contributed by atoms with E-state index >= 15 is 0 Å². The summed E-state index contributed by atoms with van der Waals surface area (Å²) in [5.74, 6) is 1.79. The van der Waals surface area contributed by atoms with Crippen molar-refractivity contribution >= 4 is 11.6 Å². The molecule has 0 aliphatic heterocycles. The highest BCUT2D eigenvalue weighted by atomic mass is 35.5. The molecule has 0 aliphatic rings. The molecule has 2 aromatic heterocycles. The number of aromatic nitrogens is 4. The van der Waals surface area contributed by atoms with E-state index < -0.39 is 0 Å². The molecule has 4 rings (SSSR count). The van der Waals surface area contributed by atoms with Crippen LogP contribution in [0.2, 0.25) is 5.02 Å². The zero-order valence-electron chi connectivity index (χ0n) is 16.2. The second-order valence-electron chi connectivity index (χ2n) is 6.34. The fourth-order valence-electron chi connectivity index (χ4n) is 2.86. The Morgan fingerprint density at radius 3 is 2.47 bits per heavy atom. The predicted octanol–water partition coefficient (Wildman–Crippen LogP) is 3.68. The minimum Gasteiger partial charge on any atom is -0.497 e. The zero-order valence-corrected chi connectivity index (χ0v) is 17.0. The highest BCUT2D eigenvalue weighted by Gasteiger charge is 2.13. The zero-order chi connectivity index (χ0) is 21.1. The van der Waals surface area contributed by atoms with Gasteiger partial charge in [-0.05, 0) is 30.3 Å². The number of halogens is 1. The summed E-state index contributed by atoms with van der Waals surface area (Å²) in [6, 6.07) is 15.6. The maximum Gasteiger partial charge on any atom is 0.267 e. The smallest absolute Gasteiger partial charge is 0.267 e. The van der Waals surface area contributed by atoms with Gasteiger partial charge in [0.1, 0.15) is 18.0 Å². The first-order valence-electron chi connectivity index (χ1n) is 8.96. The second-order valence-corrected chi connectivity index (χ2v) is 6.77. The molecular formula is C21H17ClN4O4. The van der Waals surface area contributed by atoms with Crippen molar-refractivity contribution in [1.29, 1.82) is 0 Å². The molecule has 0 aliphatic carbocycles. The summed E-state index contributed by atoms with van der Waals surface area (Å²) in [7, 11) is 3.12. The summed E-state index contributed by atoms with van der Waals surface area (Å²) in [5.41, 5.74) is 1.78. The van der Waals surface area contributed by atoms with Crippen LogP contribution in [0, 0.1) is 0 Å². The topological polar surface area (TPSA) is 92.3 Å². The molecule has 0 bridgehead atoms. The van der Waals surface area contributed by atoms with Gasteiger partial charge in [-0.3, -0.25) is 4.79 Å². The third-order valence-electron chi connectivity index (χ3n) is 4.35. The molecule has 0 saturated carbocycles. The lowest BCUT2D eigenvalue weighted by atomic mass is 10.1. The van der Waals surface area contributed by atoms with Crippen LogP contribution in [0.4, 0.5) is 0 Å². The van der Waals surface area contributed by atoms with Crippen molar-refractivity contribution in [1.82, 2.24) is 19.9 Å². The van der Waals surface area contributed by atoms with E-state index in [0.29, 0.717) is 33.6 Å². The SMILES string of the molecule is COc1cc(OC)cc(-c2noc(Cn3nc(-c4cccc(Cl)c4)ccc3=O)n2)c1. The first-order chi connectivity index (χ1) is 14.6. The average molecular weight is 425 g/mol. The summed E-state index contributed by atoms with van der Waals surface area (Å²) < 4.78 is 17.1. The van der Waals surface area contributed by atoms with Crippen molar-refractivity contribution in [3.8, 4) is 34.1 Å². The normalized spacial score (nSPS) is 10.8. The van der Waals surface area contributed by atoms with E-state index in [1.54, 1.807) is 50.6 Å². The average Bonchev–Trinajstić information content (AvgIpc) is 3.23. The minimum atomic E-state index is -0.288. The van der Waals surface area contributed by atoms with Crippen molar-refractivity contribution in [2.75, 3.05) is 14.2 Å². The summed E-state index contributed by atoms with van der Waals surface area (Å²) >= 11 is 6.05. The monoisotopic (exact) mass is 424 g/mol. The Bertz CT molecular complexity index is 1230. The fraction of sp³-hybridized carbons (Fsp3) is 0.143. The van der Waals surface area contributed by atoms with Crippen molar-refractivity contribution < 1.29 is 14.0 Å². The molecule has 2 aromatic carbocycles. The molecule has 0 spiro atoms. The quantitative estimate of drug-likeness (QED) is 0.466. The second kappa shape index (κ2) is 8.38. The van der Waals surface area contributed by atoms with E-state index in [1.165, 1.54) is 10.7 Å². The number of benzene rings is 2. The maximum absolute atomic E-state index is 12.3. The summed E-state index contributed by atoms with van der Waals surface area (Å²) in [4.78, 5) is 16.6. The molecule has 0 N–H and O–H groups in total. The number of hydrogen-bond acceptors (Lipinski definition) is 7. The number of nitrogens with zero attached hydrogens (tertiary/aromatic N) is 4. The van der Waals surface area contributed by atoms with Gasteiger partial charge in [-0.1, -0.05) is 28.9 Å². The molecule has 4 aromatic rings. The van der Waals surface area contributed by atoms with Crippen molar-refractivity contribution in [3.05, 3.63) is 75.9 Å². The van der Waals surface area contributed by atoms with Crippen molar-refractivity contribution in [2.45, 2.75) is 6.54 Å². The summed E-state index contributed by atoms with van der Waals surface area (Å²) in [6.45, 7) is 0.0291. The standard InChI is InChI=1S/C21H17ClN4O4/c1-28-16-9-14(10-17(11-16)29-2)21-23-19(30-25-21)12-26-20(27)7-6-18(24-26)13-4-3-5-15(22)8-13/h3-11H,12H2,1-2H3. The van der Waals surface area contributed by atoms with Crippen molar-refractivity contribution in [3.63, 3.8) is 0 Å². The van der Waals surface area contributed by atoms with Crippen LogP contribution in [0.5, 0.6) is 11.5 Å². The molecule has 9 heteroatoms. The Kier molecular flexibility index (Phi) is 5.49. The van der Waals surface area contributed by atoms with E-state index in [0.717, 1.165) is 5.56 Å². The molecule has 0 unspecified atom stereocenters. The van der Waals surface area contributed by atoms with Crippen LogP contribution < -0.4 is 15.0 Å². The van der Waals surface area contributed by atoms with Gasteiger partial charge in [-0.15, -0.1) is 0 Å². The summed E-state index contributed by atoms with van der Waals surface area (Å²) in [6.07, 6.45) is 0. The van der Waals surface area contributed by atoms with Gasteiger partial charge in [0.25, 0.3) is 5.56 Å². The molecule has 152 valence electrons. The van der Waals surface area contributed by atoms with Crippen molar-refractivity contribution in [2.24, 2.45) is 0 Å². The number of hydrogen-bond donors (Lipinski definition) is 0. The Hall–Kier alpha value is -3.65. The van der Waals surface area contributed by atoms with Crippen LogP contribution in [-0.2, 0) is 6.54 Å². The van der Waals surface area contributed by atoms with Crippen LogP contribution in [0.25, 0.3) is 22.6 Å². The van der Waals surface area contributed by atoms with Gasteiger partial charge < -0.3 is 14.0 Å². The third kappa shape index (κ3) is 4.18. The van der Waals surface area contributed by atoms with Crippen LogP contribution in [-0.4, -0.2) is 34.1 Å². The molecule has 2 heterocycles. The molecule has 8 nitrogen and oxygen atoms in total. The van der Waals surface area contributed by atoms with Gasteiger partial charge >= 0.3 is 0 Å². The first-order valence-corrected chi connectivity index (χ1v) is 9.33. The molecule has 0 saturated heterocycles. The Labute approximate surface area is 176 Å². The first kappa shape index (κ1) is 19.7. The van der Waals surface area contributed by atoms with E-state index in [2.05, 4.69) is 15.2 Å². The van der Waals surface area contributed by atoms with Crippen LogP contribution >= 0.6 is 11.6 Å². The Morgan fingerprint density at radius 2 is 1.77 bits per heavy atom. The van der Waals surface area contributed by atoms with Gasteiger partial charge in [-0.2, -0.15) is 10.1 Å². The highest BCUT2D eigenvalue weighted by molar-refractivity contribution is 6.30. The highest BCUT2D eigenvalue weighted by Crippen LogP contribution is 2.28. The van der Waals surface area contributed by atoms with Crippen LogP contribution in [0.1, 0.15) is 5.89 Å². The number of rotatable bonds is 6. The van der Waals surface area contributed by atoms with Gasteiger partial charge in [-0.25, -0.2) is 4.68 Å². The Balaban J connectivity index is 1.63. The molecule has 0 amide bonds. The van der Waals surface area contributed by atoms with E-state index in [4.69, 9.17) is 25.6 Å². The lowest BCUT2D eigenvalue weighted by Crippen LogP contribution is -2.23. The van der Waals surface area contributed by atoms with Gasteiger partial charge in [0, 0.05) is 28.3 Å². The maximum atomic E-state index is 12.3. The number of methoxy groups -OCH3 is 2. The predicted molar refractivity (Wildman–Crippen MR) is 111 cm³/mol. The molecular weight excluding hydrogens is 408 g/mol. The lowest BCUT2D eigenvalue weighted by Gasteiger charge is -2.06. The summed E-state index contributed by atoms with van der Waals surface area (Å²) in [5, 5.41) is 8.98. The molecule has 30 heavy (non-hydrogen) atoms. The molecule has 0 atom stereocenters. The Morgan fingerprint density at radius 1 is 1.00 bits per heavy atom. The minimum absolute atomic E-state index is 0.0291. The van der Waals surface area contributed by atoms with Gasteiger partial charge in [0.05, 0.1) is 19.9 Å². The van der Waals surface area contributed by atoms with E-state index in [1.807, 2.05) is 12.1 Å². The van der Waals surface area contributed by atoms with Crippen LogP contribution in [0.15, 0.2) is 63.9 Å². The fourth-order valence-corrected chi connectivity index (χ4v) is 3.06. The van der Waals surface area contributed by atoms with Gasteiger partial charge in [0.15, 0.2) is 0 Å². The van der Waals surface area contributed by atoms with Crippen LogP contribution in [0.3, 0.4) is 0 Å². The lowest BCUT2D eigenvalue weighted by molar-refractivity contribution is 0.363. The number of ether oxygens (including phenoxy) is 2.